The van der Waals surface area contributed by atoms with E-state index in [1.54, 1.807) is 0 Å². The first kappa shape index (κ1) is 11.9. The zero-order chi connectivity index (χ0) is 11.8. The predicted octanol–water partition coefficient (Wildman–Crippen LogP) is -0.581. The third kappa shape index (κ3) is 2.08. The van der Waals surface area contributed by atoms with E-state index in [1.807, 2.05) is 0 Å². The number of hydrogen-bond acceptors (Lipinski definition) is 4. The summed E-state index contributed by atoms with van der Waals surface area (Å²) in [4.78, 5) is 12.0. The Hall–Kier alpha value is -0.620. The minimum atomic E-state index is -2.93. The topological polar surface area (TPSA) is 89.3 Å². The normalized spacial score (nSPS) is 30.7. The first-order valence-electron chi connectivity index (χ1n) is 5.69. The van der Waals surface area contributed by atoms with E-state index >= 15 is 0 Å². The molecule has 0 aromatic carbocycles. The number of carbonyl (C=O) groups is 1. The van der Waals surface area contributed by atoms with Gasteiger partial charge < -0.3 is 11.1 Å². The molecular formula is C10H18N2O3S. The predicted molar refractivity (Wildman–Crippen MR) is 60.5 cm³/mol. The molecule has 0 aromatic heterocycles. The van der Waals surface area contributed by atoms with Crippen LogP contribution in [0.15, 0.2) is 0 Å². The molecule has 0 aromatic rings. The third-order valence-electron chi connectivity index (χ3n) is 3.75. The molecule has 1 aliphatic heterocycles. The standard InChI is InChI=1S/C10H18N2O3S/c11-7-10(3-1-4-10)9(13)12-8-2-5-16(14,15)6-8/h8H,1-7,11H2,(H,12,13). The van der Waals surface area contributed by atoms with E-state index in [2.05, 4.69) is 5.32 Å². The SMILES string of the molecule is NCC1(C(=O)NC2CCS(=O)(=O)C2)CCC1. The molecule has 16 heavy (non-hydrogen) atoms. The zero-order valence-electron chi connectivity index (χ0n) is 9.24. The van der Waals surface area contributed by atoms with Crippen molar-refractivity contribution in [3.8, 4) is 0 Å². The van der Waals surface area contributed by atoms with Crippen molar-refractivity contribution in [2.45, 2.75) is 31.7 Å². The maximum Gasteiger partial charge on any atom is 0.227 e. The zero-order valence-corrected chi connectivity index (χ0v) is 10.1. The van der Waals surface area contributed by atoms with Gasteiger partial charge in [-0.3, -0.25) is 4.79 Å². The Morgan fingerprint density at radius 1 is 1.44 bits per heavy atom. The van der Waals surface area contributed by atoms with Crippen molar-refractivity contribution < 1.29 is 13.2 Å². The lowest BCUT2D eigenvalue weighted by Gasteiger charge is -2.39. The highest BCUT2D eigenvalue weighted by Gasteiger charge is 2.44. The fourth-order valence-electron chi connectivity index (χ4n) is 2.37. The van der Waals surface area contributed by atoms with Crippen LogP contribution in [0.25, 0.3) is 0 Å². The van der Waals surface area contributed by atoms with E-state index in [9.17, 15) is 13.2 Å². The van der Waals surface area contributed by atoms with Crippen LogP contribution in [-0.2, 0) is 14.6 Å². The van der Waals surface area contributed by atoms with Crippen LogP contribution in [0.5, 0.6) is 0 Å². The van der Waals surface area contributed by atoms with E-state index in [1.165, 1.54) is 0 Å². The van der Waals surface area contributed by atoms with Crippen LogP contribution in [0.1, 0.15) is 25.7 Å². The number of nitrogens with two attached hydrogens (primary N) is 1. The Balaban J connectivity index is 1.93. The Morgan fingerprint density at radius 3 is 2.50 bits per heavy atom. The van der Waals surface area contributed by atoms with Gasteiger partial charge in [-0.25, -0.2) is 8.42 Å². The average molecular weight is 246 g/mol. The van der Waals surface area contributed by atoms with Gasteiger partial charge in [-0.1, -0.05) is 6.42 Å². The number of carbonyl (C=O) groups excluding carboxylic acids is 1. The highest BCUT2D eigenvalue weighted by molar-refractivity contribution is 7.91. The second kappa shape index (κ2) is 4.00. The fourth-order valence-corrected chi connectivity index (χ4v) is 4.05. The molecule has 1 saturated heterocycles. The van der Waals surface area contributed by atoms with Gasteiger partial charge in [0, 0.05) is 12.6 Å². The van der Waals surface area contributed by atoms with Crippen LogP contribution in [0.3, 0.4) is 0 Å². The highest BCUT2D eigenvalue weighted by Crippen LogP contribution is 2.40. The van der Waals surface area contributed by atoms with Gasteiger partial charge >= 0.3 is 0 Å². The van der Waals surface area contributed by atoms with E-state index in [4.69, 9.17) is 5.73 Å². The third-order valence-corrected chi connectivity index (χ3v) is 5.52. The number of rotatable bonds is 3. The molecule has 0 spiro atoms. The summed E-state index contributed by atoms with van der Waals surface area (Å²) in [5.41, 5.74) is 5.21. The van der Waals surface area contributed by atoms with Crippen molar-refractivity contribution in [3.05, 3.63) is 0 Å². The maximum absolute atomic E-state index is 12.0. The van der Waals surface area contributed by atoms with Crippen LogP contribution in [0, 0.1) is 5.41 Å². The second-order valence-corrected chi connectivity index (χ2v) is 7.14. The van der Waals surface area contributed by atoms with Crippen molar-refractivity contribution in [3.63, 3.8) is 0 Å². The largest absolute Gasteiger partial charge is 0.352 e. The molecule has 2 rings (SSSR count). The molecule has 6 heteroatoms. The fraction of sp³-hybridized carbons (Fsp3) is 0.900. The lowest BCUT2D eigenvalue weighted by atomic mass is 9.68. The lowest BCUT2D eigenvalue weighted by Crippen LogP contribution is -2.53. The summed E-state index contributed by atoms with van der Waals surface area (Å²) in [6, 6.07) is -0.207. The number of hydrogen-bond donors (Lipinski definition) is 2. The van der Waals surface area contributed by atoms with E-state index < -0.39 is 15.3 Å². The van der Waals surface area contributed by atoms with Gasteiger partial charge in [0.15, 0.2) is 9.84 Å². The minimum absolute atomic E-state index is 0.0525. The summed E-state index contributed by atoms with van der Waals surface area (Å²) in [5, 5.41) is 2.83. The molecule has 1 atom stereocenters. The Bertz CT molecular complexity index is 381. The van der Waals surface area contributed by atoms with E-state index in [0.717, 1.165) is 19.3 Å². The van der Waals surface area contributed by atoms with Gasteiger partial charge in [0.25, 0.3) is 0 Å². The quantitative estimate of drug-likeness (QED) is 0.697. The van der Waals surface area contributed by atoms with Crippen LogP contribution in [-0.4, -0.2) is 38.4 Å². The summed E-state index contributed by atoms with van der Waals surface area (Å²) in [5.74, 6) is 0.218. The summed E-state index contributed by atoms with van der Waals surface area (Å²) in [7, 11) is -2.93. The van der Waals surface area contributed by atoms with Gasteiger partial charge in [-0.2, -0.15) is 0 Å². The van der Waals surface area contributed by atoms with Gasteiger partial charge in [0.05, 0.1) is 16.9 Å². The molecule has 5 nitrogen and oxygen atoms in total. The van der Waals surface area contributed by atoms with Gasteiger partial charge in [-0.15, -0.1) is 0 Å². The van der Waals surface area contributed by atoms with Crippen molar-refractivity contribution in [1.82, 2.24) is 5.32 Å². The molecule has 2 fully saturated rings. The van der Waals surface area contributed by atoms with E-state index in [0.29, 0.717) is 13.0 Å². The molecule has 1 saturated carbocycles. The van der Waals surface area contributed by atoms with Crippen molar-refractivity contribution >= 4 is 15.7 Å². The first-order valence-corrected chi connectivity index (χ1v) is 7.51. The monoisotopic (exact) mass is 246 g/mol. The van der Waals surface area contributed by atoms with Crippen molar-refractivity contribution in [1.29, 1.82) is 0 Å². The molecular weight excluding hydrogens is 228 g/mol. The molecule has 0 bridgehead atoms. The summed E-state index contributed by atoms with van der Waals surface area (Å²) < 4.78 is 22.5. The van der Waals surface area contributed by atoms with Gasteiger partial charge in [-0.05, 0) is 19.3 Å². The van der Waals surface area contributed by atoms with Crippen LogP contribution in [0.4, 0.5) is 0 Å². The highest BCUT2D eigenvalue weighted by atomic mass is 32.2. The molecule has 1 heterocycles. The number of nitrogens with one attached hydrogen (secondary N) is 1. The molecule has 1 amide bonds. The second-order valence-electron chi connectivity index (χ2n) is 4.91. The Kier molecular flexibility index (Phi) is 2.96. The van der Waals surface area contributed by atoms with E-state index in [-0.39, 0.29) is 23.5 Å². The number of amides is 1. The lowest BCUT2D eigenvalue weighted by molar-refractivity contribution is -0.135. The smallest absolute Gasteiger partial charge is 0.227 e. The summed E-state index contributed by atoms with van der Waals surface area (Å²) >= 11 is 0. The molecule has 2 aliphatic rings. The first-order chi connectivity index (χ1) is 7.47. The van der Waals surface area contributed by atoms with Crippen LogP contribution < -0.4 is 11.1 Å². The summed E-state index contributed by atoms with van der Waals surface area (Å²) in [6.45, 7) is 0.359. The Labute approximate surface area is 95.7 Å². The van der Waals surface area contributed by atoms with Gasteiger partial charge in [0.2, 0.25) is 5.91 Å². The van der Waals surface area contributed by atoms with Crippen molar-refractivity contribution in [2.75, 3.05) is 18.1 Å². The molecule has 3 N–H and O–H groups in total. The molecule has 0 radical (unpaired) electrons. The number of sulfone groups is 1. The molecule has 1 aliphatic carbocycles. The minimum Gasteiger partial charge on any atom is -0.352 e. The average Bonchev–Trinajstić information content (AvgIpc) is 2.44. The van der Waals surface area contributed by atoms with Crippen LogP contribution in [0.2, 0.25) is 0 Å². The Morgan fingerprint density at radius 2 is 2.12 bits per heavy atom. The maximum atomic E-state index is 12.0. The molecule has 92 valence electrons. The molecule has 1 unspecified atom stereocenters. The van der Waals surface area contributed by atoms with Gasteiger partial charge in [0.1, 0.15) is 0 Å². The summed E-state index contributed by atoms with van der Waals surface area (Å²) in [6.07, 6.45) is 3.23. The van der Waals surface area contributed by atoms with Crippen LogP contribution >= 0.6 is 0 Å². The van der Waals surface area contributed by atoms with Crippen molar-refractivity contribution in [2.24, 2.45) is 11.1 Å².